The molecule has 2 heterocycles. The summed E-state index contributed by atoms with van der Waals surface area (Å²) in [5, 5.41) is 11.3. The fraction of sp³-hybridized carbons (Fsp3) is 0. The monoisotopic (exact) mass is 305 g/mol. The van der Waals surface area contributed by atoms with E-state index in [0.29, 0.717) is 17.3 Å². The molecule has 0 atom stereocenters. The zero-order chi connectivity index (χ0) is 14.9. The summed E-state index contributed by atoms with van der Waals surface area (Å²) in [4.78, 5) is 8.58. The molecule has 0 fully saturated rings. The minimum absolute atomic E-state index is 0. The van der Waals surface area contributed by atoms with E-state index in [0.717, 1.165) is 10.8 Å². The number of sulfone groups is 1. The van der Waals surface area contributed by atoms with Crippen molar-refractivity contribution in [3.8, 4) is 0 Å². The van der Waals surface area contributed by atoms with Crippen molar-refractivity contribution >= 4 is 32.5 Å². The van der Waals surface area contributed by atoms with Crippen molar-refractivity contribution in [2.75, 3.05) is 5.32 Å². The molecule has 0 radical (unpaired) electrons. The molecule has 0 unspecified atom stereocenters. The van der Waals surface area contributed by atoms with Crippen LogP contribution < -0.4 is 5.32 Å². The number of nitrogens with zero attached hydrogens (tertiary/aromatic N) is 3. The van der Waals surface area contributed by atoms with Gasteiger partial charge in [-0.2, -0.15) is 10.1 Å². The Balaban J connectivity index is 0.00000132. The van der Waals surface area contributed by atoms with E-state index in [9.17, 15) is 8.42 Å². The van der Waals surface area contributed by atoms with E-state index in [2.05, 4.69) is 32.1 Å². The van der Waals surface area contributed by atoms with Crippen LogP contribution in [0.5, 0.6) is 0 Å². The lowest BCUT2D eigenvalue weighted by Crippen LogP contribution is -1.98. The fourth-order valence-corrected chi connectivity index (χ4v) is 2.46. The van der Waals surface area contributed by atoms with Gasteiger partial charge in [0, 0.05) is 20.1 Å². The van der Waals surface area contributed by atoms with E-state index in [1.54, 1.807) is 24.5 Å². The maximum absolute atomic E-state index is 11.6. The van der Waals surface area contributed by atoms with Crippen molar-refractivity contribution in [1.82, 2.24) is 20.2 Å². The molecule has 0 aliphatic heterocycles. The highest BCUT2D eigenvalue weighted by Gasteiger charge is 2.09. The van der Waals surface area contributed by atoms with Gasteiger partial charge in [-0.3, -0.25) is 5.10 Å². The molecule has 0 amide bonds. The summed E-state index contributed by atoms with van der Waals surface area (Å²) in [6, 6.07) is 6.26. The van der Waals surface area contributed by atoms with E-state index < -0.39 is 9.84 Å². The van der Waals surface area contributed by atoms with Gasteiger partial charge in [0.2, 0.25) is 5.95 Å². The highest BCUT2D eigenvalue weighted by atomic mass is 32.2. The first-order valence-corrected chi connectivity index (χ1v) is 7.54. The number of fused-ring (bicyclic) bond motifs is 1. The van der Waals surface area contributed by atoms with Crippen LogP contribution in [0.15, 0.2) is 53.5 Å². The molecule has 7 nitrogen and oxygen atoms in total. The van der Waals surface area contributed by atoms with Crippen molar-refractivity contribution in [1.29, 1.82) is 0 Å². The van der Waals surface area contributed by atoms with Crippen LogP contribution in [0.3, 0.4) is 0 Å². The summed E-state index contributed by atoms with van der Waals surface area (Å²) in [6.45, 7) is 3.29. The van der Waals surface area contributed by atoms with Gasteiger partial charge < -0.3 is 5.32 Å². The van der Waals surface area contributed by atoms with E-state index in [1.807, 2.05) is 0 Å². The Kier molecular flexibility index (Phi) is 3.15. The molecular formula is C13H15N5O2S. The Morgan fingerprint density at radius 2 is 2.00 bits per heavy atom. The third-order valence-corrected chi connectivity index (χ3v) is 4.22. The molecule has 0 aliphatic carbocycles. The second-order valence-electron chi connectivity index (χ2n) is 4.23. The van der Waals surface area contributed by atoms with Crippen LogP contribution in [-0.4, -0.2) is 28.6 Å². The first-order valence-electron chi connectivity index (χ1n) is 5.99. The summed E-state index contributed by atoms with van der Waals surface area (Å²) in [7, 11) is -3.42. The zero-order valence-corrected chi connectivity index (χ0v) is 11.6. The number of aromatic nitrogens is 4. The molecular weight excluding hydrogens is 290 g/mol. The standard InChI is InChI=1S/C13H11N5O2S.2H2/c1-2-21(19,20)11-5-3-10(4-6-11)16-13-14-7-9-8-15-18-12(9)17-13;;/h2-8H,1H2,(H2,14,15,16,17,18);2*1H. The lowest BCUT2D eigenvalue weighted by molar-refractivity contribution is 0.605. The Morgan fingerprint density at radius 3 is 2.71 bits per heavy atom. The minimum atomic E-state index is -3.42. The largest absolute Gasteiger partial charge is 0.324 e. The highest BCUT2D eigenvalue weighted by Crippen LogP contribution is 2.18. The number of H-pyrrole nitrogens is 1. The smallest absolute Gasteiger partial charge is 0.229 e. The molecule has 0 spiro atoms. The molecule has 3 rings (SSSR count). The van der Waals surface area contributed by atoms with Gasteiger partial charge in [-0.25, -0.2) is 13.4 Å². The molecule has 0 bridgehead atoms. The van der Waals surface area contributed by atoms with Crippen LogP contribution in [-0.2, 0) is 9.84 Å². The van der Waals surface area contributed by atoms with Gasteiger partial charge in [0.15, 0.2) is 15.5 Å². The van der Waals surface area contributed by atoms with Gasteiger partial charge in [0.05, 0.1) is 16.5 Å². The number of benzene rings is 1. The molecule has 0 saturated heterocycles. The van der Waals surface area contributed by atoms with Crippen LogP contribution in [0.1, 0.15) is 2.85 Å². The third-order valence-electron chi connectivity index (χ3n) is 2.85. The second-order valence-corrected chi connectivity index (χ2v) is 6.12. The zero-order valence-electron chi connectivity index (χ0n) is 10.8. The number of nitrogens with one attached hydrogen (secondary N) is 2. The molecule has 0 aliphatic rings. The maximum atomic E-state index is 11.6. The Morgan fingerprint density at radius 1 is 1.24 bits per heavy atom. The Bertz CT molecular complexity index is 910. The molecule has 0 saturated carbocycles. The van der Waals surface area contributed by atoms with Crippen molar-refractivity contribution in [2.45, 2.75) is 4.90 Å². The lowest BCUT2D eigenvalue weighted by atomic mass is 10.3. The van der Waals surface area contributed by atoms with Crippen molar-refractivity contribution in [3.63, 3.8) is 0 Å². The van der Waals surface area contributed by atoms with E-state index in [-0.39, 0.29) is 7.75 Å². The van der Waals surface area contributed by atoms with Crippen LogP contribution in [0.4, 0.5) is 11.6 Å². The first kappa shape index (κ1) is 13.3. The van der Waals surface area contributed by atoms with Crippen LogP contribution >= 0.6 is 0 Å². The lowest BCUT2D eigenvalue weighted by Gasteiger charge is -2.05. The fourth-order valence-electron chi connectivity index (χ4n) is 1.75. The summed E-state index contributed by atoms with van der Waals surface area (Å²) in [5.41, 5.74) is 1.30. The molecule has 21 heavy (non-hydrogen) atoms. The van der Waals surface area contributed by atoms with E-state index in [1.165, 1.54) is 12.1 Å². The van der Waals surface area contributed by atoms with Gasteiger partial charge in [-0.15, -0.1) is 0 Å². The Hall–Kier alpha value is -2.74. The molecule has 110 valence electrons. The Labute approximate surface area is 123 Å². The topological polar surface area (TPSA) is 101 Å². The van der Waals surface area contributed by atoms with Crippen LogP contribution in [0, 0.1) is 0 Å². The van der Waals surface area contributed by atoms with Gasteiger partial charge in [0.25, 0.3) is 0 Å². The summed E-state index contributed by atoms with van der Waals surface area (Å²) in [6.07, 6.45) is 3.28. The highest BCUT2D eigenvalue weighted by molar-refractivity contribution is 7.94. The van der Waals surface area contributed by atoms with Gasteiger partial charge in [-0.05, 0) is 24.3 Å². The summed E-state index contributed by atoms with van der Waals surface area (Å²) >= 11 is 0. The van der Waals surface area contributed by atoms with E-state index >= 15 is 0 Å². The molecule has 1 aromatic carbocycles. The quantitative estimate of drug-likeness (QED) is 0.768. The molecule has 8 heteroatoms. The van der Waals surface area contributed by atoms with Crippen molar-refractivity contribution in [2.24, 2.45) is 0 Å². The predicted molar refractivity (Wildman–Crippen MR) is 83.0 cm³/mol. The normalized spacial score (nSPS) is 11.4. The van der Waals surface area contributed by atoms with Gasteiger partial charge >= 0.3 is 0 Å². The predicted octanol–water partition coefficient (Wildman–Crippen LogP) is 2.51. The van der Waals surface area contributed by atoms with Crippen LogP contribution in [0.25, 0.3) is 11.0 Å². The number of aromatic amines is 1. The minimum Gasteiger partial charge on any atom is -0.324 e. The van der Waals surface area contributed by atoms with Crippen molar-refractivity contribution in [3.05, 3.63) is 48.6 Å². The van der Waals surface area contributed by atoms with Crippen LogP contribution in [0.2, 0.25) is 0 Å². The van der Waals surface area contributed by atoms with E-state index in [4.69, 9.17) is 0 Å². The average Bonchev–Trinajstić information content (AvgIpc) is 2.95. The van der Waals surface area contributed by atoms with Gasteiger partial charge in [-0.1, -0.05) is 6.58 Å². The SMILES string of the molecule is C=CS(=O)(=O)c1ccc(Nc2ncc3cn[nH]c3n2)cc1.[HH].[HH]. The first-order chi connectivity index (χ1) is 10.1. The average molecular weight is 305 g/mol. The second kappa shape index (κ2) is 4.98. The van der Waals surface area contributed by atoms with Crippen molar-refractivity contribution < 1.29 is 11.3 Å². The third kappa shape index (κ3) is 2.61. The number of anilines is 2. The number of hydrogen-bond acceptors (Lipinski definition) is 6. The number of hydrogen-bond donors (Lipinski definition) is 2. The summed E-state index contributed by atoms with van der Waals surface area (Å²) < 4.78 is 23.2. The molecule has 3 aromatic rings. The molecule has 2 aromatic heterocycles. The summed E-state index contributed by atoms with van der Waals surface area (Å²) in [5.74, 6) is 0.395. The maximum Gasteiger partial charge on any atom is 0.229 e. The number of rotatable bonds is 4. The van der Waals surface area contributed by atoms with Gasteiger partial charge in [0.1, 0.15) is 0 Å². The molecule has 2 N–H and O–H groups in total.